The van der Waals surface area contributed by atoms with Gasteiger partial charge in [0.05, 0.1) is 12.7 Å². The van der Waals surface area contributed by atoms with Crippen LogP contribution in [0.2, 0.25) is 0 Å². The van der Waals surface area contributed by atoms with Gasteiger partial charge in [0, 0.05) is 39.0 Å². The SMILES string of the molecule is CN=C(NCc1cccc(COC2CCOCC2)c1)N1CCc2ccccc21. The number of nitrogens with one attached hydrogen (secondary N) is 1. The number of fused-ring (bicyclic) bond motifs is 1. The molecule has 0 saturated carbocycles. The third-order valence-electron chi connectivity index (χ3n) is 5.45. The van der Waals surface area contributed by atoms with E-state index < -0.39 is 0 Å². The number of benzene rings is 2. The van der Waals surface area contributed by atoms with E-state index in [1.165, 1.54) is 22.4 Å². The van der Waals surface area contributed by atoms with Crippen LogP contribution in [0.1, 0.15) is 29.5 Å². The van der Waals surface area contributed by atoms with Gasteiger partial charge in [-0.1, -0.05) is 42.5 Å². The molecule has 0 bridgehead atoms. The van der Waals surface area contributed by atoms with Crippen molar-refractivity contribution in [2.75, 3.05) is 31.7 Å². The molecule has 28 heavy (non-hydrogen) atoms. The van der Waals surface area contributed by atoms with Crippen LogP contribution >= 0.6 is 0 Å². The van der Waals surface area contributed by atoms with Crippen molar-refractivity contribution in [3.8, 4) is 0 Å². The minimum atomic E-state index is 0.324. The fourth-order valence-electron chi connectivity index (χ4n) is 3.92. The Morgan fingerprint density at radius 3 is 2.82 bits per heavy atom. The molecule has 0 unspecified atom stereocenters. The molecule has 0 spiro atoms. The molecule has 0 aromatic heterocycles. The summed E-state index contributed by atoms with van der Waals surface area (Å²) in [6, 6.07) is 17.2. The topological polar surface area (TPSA) is 46.1 Å². The number of guanidine groups is 1. The molecule has 148 valence electrons. The molecule has 0 radical (unpaired) electrons. The number of aliphatic imine (C=N–C) groups is 1. The molecule has 0 amide bonds. The van der Waals surface area contributed by atoms with Crippen LogP contribution < -0.4 is 10.2 Å². The molecule has 0 atom stereocenters. The standard InChI is InChI=1S/C23H29N3O2/c1-24-23(26-12-9-20-7-2-3-8-22(20)26)25-16-18-5-4-6-19(15-18)17-28-21-10-13-27-14-11-21/h2-8,15,21H,9-14,16-17H2,1H3,(H,24,25). The van der Waals surface area contributed by atoms with Gasteiger partial charge in [-0.3, -0.25) is 4.99 Å². The summed E-state index contributed by atoms with van der Waals surface area (Å²) < 4.78 is 11.5. The Labute approximate surface area is 167 Å². The van der Waals surface area contributed by atoms with E-state index in [4.69, 9.17) is 9.47 Å². The van der Waals surface area contributed by atoms with Gasteiger partial charge < -0.3 is 19.7 Å². The minimum absolute atomic E-state index is 0.324. The van der Waals surface area contributed by atoms with E-state index in [0.717, 1.165) is 51.5 Å². The van der Waals surface area contributed by atoms with E-state index >= 15 is 0 Å². The second-order valence-corrected chi connectivity index (χ2v) is 7.37. The maximum Gasteiger partial charge on any atom is 0.198 e. The zero-order valence-electron chi connectivity index (χ0n) is 16.6. The number of hydrogen-bond acceptors (Lipinski definition) is 3. The van der Waals surface area contributed by atoms with Crippen molar-refractivity contribution in [1.82, 2.24) is 5.32 Å². The Balaban J connectivity index is 1.34. The first-order chi connectivity index (χ1) is 13.8. The molecule has 1 saturated heterocycles. The zero-order valence-corrected chi connectivity index (χ0v) is 16.6. The highest BCUT2D eigenvalue weighted by Gasteiger charge is 2.22. The summed E-state index contributed by atoms with van der Waals surface area (Å²) in [6.07, 6.45) is 3.38. The number of nitrogens with zero attached hydrogens (tertiary/aromatic N) is 2. The molecule has 4 rings (SSSR count). The normalized spacial score (nSPS) is 17.6. The fraction of sp³-hybridized carbons (Fsp3) is 0.435. The van der Waals surface area contributed by atoms with E-state index in [1.54, 1.807) is 0 Å². The van der Waals surface area contributed by atoms with Gasteiger partial charge >= 0.3 is 0 Å². The van der Waals surface area contributed by atoms with Crippen LogP contribution in [0.25, 0.3) is 0 Å². The molecule has 5 heteroatoms. The Bertz CT molecular complexity index is 815. The minimum Gasteiger partial charge on any atom is -0.381 e. The van der Waals surface area contributed by atoms with Crippen molar-refractivity contribution in [3.05, 3.63) is 65.2 Å². The zero-order chi connectivity index (χ0) is 19.2. The molecule has 1 N–H and O–H groups in total. The number of ether oxygens (including phenoxy) is 2. The molecule has 5 nitrogen and oxygen atoms in total. The van der Waals surface area contributed by atoms with Crippen LogP contribution in [0.15, 0.2) is 53.5 Å². The van der Waals surface area contributed by atoms with Gasteiger partial charge in [-0.15, -0.1) is 0 Å². The van der Waals surface area contributed by atoms with Gasteiger partial charge in [-0.25, -0.2) is 0 Å². The maximum atomic E-state index is 6.06. The molecule has 2 aromatic carbocycles. The first kappa shape index (κ1) is 19.0. The van der Waals surface area contributed by atoms with Crippen LogP contribution in [-0.4, -0.2) is 38.9 Å². The van der Waals surface area contributed by atoms with Crippen molar-refractivity contribution in [2.45, 2.75) is 38.5 Å². The Morgan fingerprint density at radius 2 is 1.96 bits per heavy atom. The molecule has 2 aliphatic rings. The second-order valence-electron chi connectivity index (χ2n) is 7.37. The maximum absolute atomic E-state index is 6.06. The summed E-state index contributed by atoms with van der Waals surface area (Å²) in [5.74, 6) is 0.925. The molecular formula is C23H29N3O2. The lowest BCUT2D eigenvalue weighted by atomic mass is 10.1. The second kappa shape index (κ2) is 9.22. The quantitative estimate of drug-likeness (QED) is 0.638. The summed E-state index contributed by atoms with van der Waals surface area (Å²) in [5.41, 5.74) is 5.10. The molecule has 1 fully saturated rings. The number of anilines is 1. The van der Waals surface area contributed by atoms with Crippen molar-refractivity contribution < 1.29 is 9.47 Å². The van der Waals surface area contributed by atoms with Crippen LogP contribution in [0.3, 0.4) is 0 Å². The van der Waals surface area contributed by atoms with Crippen LogP contribution in [-0.2, 0) is 29.0 Å². The number of para-hydroxylation sites is 1. The lowest BCUT2D eigenvalue weighted by molar-refractivity contribution is -0.0390. The van der Waals surface area contributed by atoms with Crippen molar-refractivity contribution in [3.63, 3.8) is 0 Å². The average molecular weight is 380 g/mol. The van der Waals surface area contributed by atoms with Crippen molar-refractivity contribution >= 4 is 11.6 Å². The van der Waals surface area contributed by atoms with Gasteiger partial charge in [0.2, 0.25) is 0 Å². The van der Waals surface area contributed by atoms with E-state index in [1.807, 2.05) is 7.05 Å². The smallest absolute Gasteiger partial charge is 0.198 e. The van der Waals surface area contributed by atoms with Crippen LogP contribution in [0, 0.1) is 0 Å². The summed E-state index contributed by atoms with van der Waals surface area (Å²) in [4.78, 5) is 6.77. The van der Waals surface area contributed by atoms with Crippen LogP contribution in [0.5, 0.6) is 0 Å². The number of hydrogen-bond donors (Lipinski definition) is 1. The fourth-order valence-corrected chi connectivity index (χ4v) is 3.92. The van der Waals surface area contributed by atoms with Crippen molar-refractivity contribution in [1.29, 1.82) is 0 Å². The highest BCUT2D eigenvalue weighted by atomic mass is 16.5. The van der Waals surface area contributed by atoms with Gasteiger partial charge in [0.1, 0.15) is 0 Å². The molecule has 0 aliphatic carbocycles. The van der Waals surface area contributed by atoms with Gasteiger partial charge in [-0.05, 0) is 42.0 Å². The van der Waals surface area contributed by atoms with E-state index in [-0.39, 0.29) is 0 Å². The monoisotopic (exact) mass is 379 g/mol. The third kappa shape index (κ3) is 4.54. The lowest BCUT2D eigenvalue weighted by Gasteiger charge is -2.23. The van der Waals surface area contributed by atoms with E-state index in [9.17, 15) is 0 Å². The number of rotatable bonds is 5. The highest BCUT2D eigenvalue weighted by molar-refractivity contribution is 5.97. The first-order valence-electron chi connectivity index (χ1n) is 10.2. The average Bonchev–Trinajstić information content (AvgIpc) is 3.18. The Kier molecular flexibility index (Phi) is 6.24. The highest BCUT2D eigenvalue weighted by Crippen LogP contribution is 2.27. The summed E-state index contributed by atoms with van der Waals surface area (Å²) in [7, 11) is 1.85. The van der Waals surface area contributed by atoms with E-state index in [0.29, 0.717) is 12.7 Å². The van der Waals surface area contributed by atoms with E-state index in [2.05, 4.69) is 63.7 Å². The van der Waals surface area contributed by atoms with Gasteiger partial charge in [-0.2, -0.15) is 0 Å². The molecule has 2 aromatic rings. The summed E-state index contributed by atoms with van der Waals surface area (Å²) in [6.45, 7) is 4.00. The first-order valence-corrected chi connectivity index (χ1v) is 10.2. The summed E-state index contributed by atoms with van der Waals surface area (Å²) in [5, 5.41) is 3.52. The van der Waals surface area contributed by atoms with Gasteiger partial charge in [0.15, 0.2) is 5.96 Å². The molecule has 2 heterocycles. The van der Waals surface area contributed by atoms with Gasteiger partial charge in [0.25, 0.3) is 0 Å². The van der Waals surface area contributed by atoms with Crippen LogP contribution in [0.4, 0.5) is 5.69 Å². The molecular weight excluding hydrogens is 350 g/mol. The largest absolute Gasteiger partial charge is 0.381 e. The predicted octanol–water partition coefficient (Wildman–Crippen LogP) is 3.52. The lowest BCUT2D eigenvalue weighted by Crippen LogP contribution is -2.40. The Morgan fingerprint density at radius 1 is 1.14 bits per heavy atom. The Hall–Kier alpha value is -2.37. The predicted molar refractivity (Wildman–Crippen MR) is 113 cm³/mol. The third-order valence-corrected chi connectivity index (χ3v) is 5.45. The summed E-state index contributed by atoms with van der Waals surface area (Å²) >= 11 is 0. The van der Waals surface area contributed by atoms with Crippen molar-refractivity contribution in [2.24, 2.45) is 4.99 Å². The molecule has 2 aliphatic heterocycles.